The summed E-state index contributed by atoms with van der Waals surface area (Å²) in [6.07, 6.45) is -19.8. The summed E-state index contributed by atoms with van der Waals surface area (Å²) in [5.74, 6) is -2.64. The van der Waals surface area contributed by atoms with Crippen LogP contribution in [0.2, 0.25) is 0 Å². The van der Waals surface area contributed by atoms with Crippen LogP contribution >= 0.6 is 0 Å². The molecule has 0 saturated carbocycles. The van der Waals surface area contributed by atoms with Gasteiger partial charge in [-0.25, -0.2) is 0 Å². The number of aliphatic hydroxyl groups excluding tert-OH is 1. The Morgan fingerprint density at radius 1 is 0.732 bits per heavy atom. The average Bonchev–Trinajstić information content (AvgIpc) is 2.85. The van der Waals surface area contributed by atoms with Crippen LogP contribution in [0.25, 0.3) is 0 Å². The fraction of sp³-hybridized carbons (Fsp3) is 0.296. The van der Waals surface area contributed by atoms with E-state index in [1.807, 2.05) is 0 Å². The molecule has 14 heteroatoms. The summed E-state index contributed by atoms with van der Waals surface area (Å²) < 4.78 is 124. The molecule has 0 spiro atoms. The van der Waals surface area contributed by atoms with Gasteiger partial charge >= 0.3 is 18.9 Å². The first-order valence-corrected chi connectivity index (χ1v) is 11.7. The van der Waals surface area contributed by atoms with Gasteiger partial charge in [-0.05, 0) is 47.4 Å². The van der Waals surface area contributed by atoms with Gasteiger partial charge in [0.2, 0.25) is 5.91 Å². The lowest BCUT2D eigenvalue weighted by Crippen LogP contribution is -2.45. The van der Waals surface area contributed by atoms with Crippen LogP contribution < -0.4 is 14.8 Å². The van der Waals surface area contributed by atoms with Gasteiger partial charge in [-0.3, -0.25) is 4.79 Å². The highest BCUT2D eigenvalue weighted by Crippen LogP contribution is 2.40. The average molecular weight is 595 g/mol. The van der Waals surface area contributed by atoms with Crippen LogP contribution in [0.1, 0.15) is 23.1 Å². The van der Waals surface area contributed by atoms with Crippen molar-refractivity contribution in [3.63, 3.8) is 0 Å². The van der Waals surface area contributed by atoms with Crippen molar-refractivity contribution in [2.75, 3.05) is 6.54 Å². The topological polar surface area (TPSA) is 67.8 Å². The van der Waals surface area contributed by atoms with Gasteiger partial charge in [-0.15, -0.1) is 26.3 Å². The predicted molar refractivity (Wildman–Crippen MR) is 127 cm³/mol. The maximum Gasteiger partial charge on any atom is 0.573 e. The van der Waals surface area contributed by atoms with Gasteiger partial charge < -0.3 is 19.9 Å². The smallest absolute Gasteiger partial charge is 0.406 e. The SMILES string of the molecule is O=C(CC(O)C(F)(F)F)NCC(Cc1ccccc1)(c1cccc(OC(F)(F)F)c1)c1cccc(OC(F)(F)F)c1. The standard InChI is InChI=1S/C27H22F9NO4/c28-25(29,30)22(38)14-23(39)37-16-24(15-17-6-2-1-3-7-17,18-8-4-10-20(12-18)40-26(31,32)33)19-9-5-11-21(13-19)41-27(34,35)36/h1-13,22,38H,14-16H2,(H,37,39). The number of rotatable bonds is 10. The second-order valence-electron chi connectivity index (χ2n) is 8.93. The first kappa shape index (κ1) is 31.6. The molecular weight excluding hydrogens is 573 g/mol. The van der Waals surface area contributed by atoms with Gasteiger partial charge in [0.05, 0.1) is 6.42 Å². The van der Waals surface area contributed by atoms with E-state index in [4.69, 9.17) is 0 Å². The molecule has 3 rings (SSSR count). The fourth-order valence-electron chi connectivity index (χ4n) is 4.18. The summed E-state index contributed by atoms with van der Waals surface area (Å²) in [7, 11) is 0. The molecule has 0 aromatic heterocycles. The van der Waals surface area contributed by atoms with Crippen LogP contribution in [-0.4, -0.2) is 42.6 Å². The van der Waals surface area contributed by atoms with Crippen molar-refractivity contribution in [1.82, 2.24) is 5.32 Å². The van der Waals surface area contributed by atoms with Gasteiger partial charge in [-0.1, -0.05) is 54.6 Å². The number of nitrogens with one attached hydrogen (secondary N) is 1. The van der Waals surface area contributed by atoms with Gasteiger partial charge in [0.25, 0.3) is 0 Å². The number of ether oxygens (including phenoxy) is 2. The summed E-state index contributed by atoms with van der Waals surface area (Å²) in [6, 6.07) is 17.0. The van der Waals surface area contributed by atoms with E-state index in [2.05, 4.69) is 14.8 Å². The van der Waals surface area contributed by atoms with E-state index >= 15 is 0 Å². The van der Waals surface area contributed by atoms with Crippen molar-refractivity contribution in [2.24, 2.45) is 0 Å². The third-order valence-corrected chi connectivity index (χ3v) is 5.93. The highest BCUT2D eigenvalue weighted by atomic mass is 19.4. The molecule has 0 radical (unpaired) electrons. The number of hydrogen-bond donors (Lipinski definition) is 2. The Morgan fingerprint density at radius 3 is 1.66 bits per heavy atom. The molecule has 0 bridgehead atoms. The highest BCUT2D eigenvalue weighted by molar-refractivity contribution is 5.76. The lowest BCUT2D eigenvalue weighted by Gasteiger charge is -2.36. The summed E-state index contributed by atoms with van der Waals surface area (Å²) in [4.78, 5) is 12.5. The maximum atomic E-state index is 13.0. The molecule has 41 heavy (non-hydrogen) atoms. The number of hydrogen-bond acceptors (Lipinski definition) is 4. The van der Waals surface area contributed by atoms with Gasteiger partial charge in [0.15, 0.2) is 6.10 Å². The van der Waals surface area contributed by atoms with Crippen molar-refractivity contribution < 1.29 is 58.9 Å². The number of amides is 1. The quantitative estimate of drug-likeness (QED) is 0.265. The lowest BCUT2D eigenvalue weighted by atomic mass is 9.70. The second-order valence-corrected chi connectivity index (χ2v) is 8.93. The Kier molecular flexibility index (Phi) is 9.47. The third-order valence-electron chi connectivity index (χ3n) is 5.93. The Labute approximate surface area is 227 Å². The molecule has 1 amide bonds. The Balaban J connectivity index is 2.18. The number of halogens is 9. The van der Waals surface area contributed by atoms with Crippen molar-refractivity contribution in [1.29, 1.82) is 0 Å². The normalized spacial score (nSPS) is 13.4. The molecule has 3 aromatic rings. The molecule has 0 aliphatic carbocycles. The zero-order valence-electron chi connectivity index (χ0n) is 20.8. The van der Waals surface area contributed by atoms with Crippen LogP contribution in [0.5, 0.6) is 11.5 Å². The lowest BCUT2D eigenvalue weighted by molar-refractivity contribution is -0.275. The summed E-state index contributed by atoms with van der Waals surface area (Å²) >= 11 is 0. The Morgan fingerprint density at radius 2 is 1.22 bits per heavy atom. The zero-order valence-corrected chi connectivity index (χ0v) is 20.8. The van der Waals surface area contributed by atoms with Crippen molar-refractivity contribution in [3.05, 3.63) is 95.6 Å². The molecule has 0 aliphatic rings. The van der Waals surface area contributed by atoms with Crippen LogP contribution in [0.15, 0.2) is 78.9 Å². The number of benzene rings is 3. The van der Waals surface area contributed by atoms with E-state index in [9.17, 15) is 49.4 Å². The molecule has 0 fully saturated rings. The molecule has 1 unspecified atom stereocenters. The monoisotopic (exact) mass is 595 g/mol. The minimum absolute atomic E-state index is 0.0175. The largest absolute Gasteiger partial charge is 0.573 e. The molecule has 2 N–H and O–H groups in total. The number of aliphatic hydroxyl groups is 1. The van der Waals surface area contributed by atoms with Gasteiger partial charge in [-0.2, -0.15) is 13.2 Å². The molecule has 3 aromatic carbocycles. The van der Waals surface area contributed by atoms with Crippen LogP contribution in [0.4, 0.5) is 39.5 Å². The predicted octanol–water partition coefficient (Wildman–Crippen LogP) is 6.44. The Bertz CT molecular complexity index is 1250. The first-order chi connectivity index (χ1) is 19.0. The summed E-state index contributed by atoms with van der Waals surface area (Å²) in [5, 5.41) is 11.6. The van der Waals surface area contributed by atoms with E-state index in [-0.39, 0.29) is 17.5 Å². The molecule has 0 saturated heterocycles. The molecule has 0 aliphatic heterocycles. The summed E-state index contributed by atoms with van der Waals surface area (Å²) in [6.45, 7) is -0.601. The van der Waals surface area contributed by atoms with E-state index in [0.29, 0.717) is 5.56 Å². The van der Waals surface area contributed by atoms with Crippen LogP contribution in [0, 0.1) is 0 Å². The first-order valence-electron chi connectivity index (χ1n) is 11.7. The van der Waals surface area contributed by atoms with E-state index in [1.165, 1.54) is 24.3 Å². The van der Waals surface area contributed by atoms with Gasteiger partial charge in [0.1, 0.15) is 11.5 Å². The Hall–Kier alpha value is -3.94. The fourth-order valence-corrected chi connectivity index (χ4v) is 4.18. The molecule has 0 heterocycles. The number of alkyl halides is 9. The van der Waals surface area contributed by atoms with Crippen molar-refractivity contribution >= 4 is 5.91 Å². The molecule has 222 valence electrons. The molecule has 1 atom stereocenters. The second kappa shape index (κ2) is 12.3. The minimum atomic E-state index is -5.11. The number of carbonyl (C=O) groups is 1. The maximum absolute atomic E-state index is 13.0. The van der Waals surface area contributed by atoms with Gasteiger partial charge in [0, 0.05) is 12.0 Å². The minimum Gasteiger partial charge on any atom is -0.406 e. The van der Waals surface area contributed by atoms with E-state index in [0.717, 1.165) is 24.3 Å². The van der Waals surface area contributed by atoms with E-state index in [1.54, 1.807) is 30.3 Å². The molecular formula is C27H22F9NO4. The van der Waals surface area contributed by atoms with E-state index < -0.39 is 60.8 Å². The number of carbonyl (C=O) groups excluding carboxylic acids is 1. The van der Waals surface area contributed by atoms with Crippen LogP contribution in [0.3, 0.4) is 0 Å². The third kappa shape index (κ3) is 9.30. The van der Waals surface area contributed by atoms with Crippen LogP contribution in [-0.2, 0) is 16.6 Å². The highest BCUT2D eigenvalue weighted by Gasteiger charge is 2.41. The van der Waals surface area contributed by atoms with Crippen molar-refractivity contribution in [3.8, 4) is 11.5 Å². The van der Waals surface area contributed by atoms with Crippen molar-refractivity contribution in [2.45, 2.75) is 43.3 Å². The molecule has 5 nitrogen and oxygen atoms in total. The zero-order chi connectivity index (χ0) is 30.5. The summed E-state index contributed by atoms with van der Waals surface area (Å²) in [5.41, 5.74) is -1.12.